The summed E-state index contributed by atoms with van der Waals surface area (Å²) in [5.41, 5.74) is 0. The fraction of sp³-hybridized carbons (Fsp3) is 0.364. The van der Waals surface area contributed by atoms with E-state index >= 15 is 0 Å². The zero-order valence-corrected chi connectivity index (χ0v) is 11.3. The van der Waals surface area contributed by atoms with Gasteiger partial charge in [0.2, 0.25) is 5.09 Å². The first-order valence-corrected chi connectivity index (χ1v) is 7.39. The maximum absolute atomic E-state index is 11.1. The average Bonchev–Trinajstić information content (AvgIpc) is 2.99. The molecule has 1 atom stereocenters. The molecule has 0 fully saturated rings. The number of primary sulfonamides is 1. The molecule has 0 aliphatic rings. The lowest BCUT2D eigenvalue weighted by atomic mass is 10.2. The van der Waals surface area contributed by atoms with Crippen LogP contribution in [0.2, 0.25) is 0 Å². The third kappa shape index (κ3) is 3.43. The van der Waals surface area contributed by atoms with E-state index in [0.29, 0.717) is 12.3 Å². The number of imidazole rings is 1. The second-order valence-corrected chi connectivity index (χ2v) is 5.57. The number of nitrogens with two attached hydrogens (primary N) is 1. The number of hydrogen-bond donors (Lipinski definition) is 3. The van der Waals surface area contributed by atoms with Gasteiger partial charge in [0.1, 0.15) is 11.6 Å². The van der Waals surface area contributed by atoms with Crippen LogP contribution in [0.1, 0.15) is 31.0 Å². The molecule has 0 saturated heterocycles. The van der Waals surface area contributed by atoms with E-state index in [1.807, 2.05) is 6.92 Å². The van der Waals surface area contributed by atoms with Gasteiger partial charge in [0.05, 0.1) is 12.6 Å². The van der Waals surface area contributed by atoms with Crippen LogP contribution in [-0.2, 0) is 16.6 Å². The molecule has 7 nitrogen and oxygen atoms in total. The summed E-state index contributed by atoms with van der Waals surface area (Å²) < 4.78 is 27.3. The Balaban J connectivity index is 2.00. The predicted octanol–water partition coefficient (Wildman–Crippen LogP) is 0.891. The van der Waals surface area contributed by atoms with Gasteiger partial charge in [0.25, 0.3) is 10.0 Å². The number of H-pyrrole nitrogens is 1. The molecule has 0 saturated carbocycles. The van der Waals surface area contributed by atoms with Crippen LogP contribution in [0.4, 0.5) is 0 Å². The highest BCUT2D eigenvalue weighted by Crippen LogP contribution is 2.15. The molecule has 0 amide bonds. The molecule has 2 aromatic rings. The van der Waals surface area contributed by atoms with Gasteiger partial charge < -0.3 is 14.7 Å². The number of nitrogens with one attached hydrogen (secondary N) is 2. The summed E-state index contributed by atoms with van der Waals surface area (Å²) in [4.78, 5) is 7.21. The molecule has 0 spiro atoms. The number of nitrogens with zero attached hydrogens (tertiary/aromatic N) is 1. The molecule has 4 N–H and O–H groups in total. The largest absolute Gasteiger partial charge is 0.447 e. The van der Waals surface area contributed by atoms with E-state index in [2.05, 4.69) is 15.3 Å². The molecule has 0 aliphatic heterocycles. The smallest absolute Gasteiger partial charge is 0.271 e. The number of aromatic nitrogens is 2. The molecular formula is C11H16N4O3S. The summed E-state index contributed by atoms with van der Waals surface area (Å²) >= 11 is 0. The molecule has 0 radical (unpaired) electrons. The van der Waals surface area contributed by atoms with E-state index in [4.69, 9.17) is 9.56 Å². The Morgan fingerprint density at radius 3 is 2.84 bits per heavy atom. The van der Waals surface area contributed by atoms with Crippen molar-refractivity contribution in [1.29, 1.82) is 0 Å². The van der Waals surface area contributed by atoms with Crippen molar-refractivity contribution < 1.29 is 12.8 Å². The number of hydrogen-bond acceptors (Lipinski definition) is 5. The van der Waals surface area contributed by atoms with Gasteiger partial charge in [-0.1, -0.05) is 6.92 Å². The van der Waals surface area contributed by atoms with Gasteiger partial charge in [-0.25, -0.2) is 18.5 Å². The highest BCUT2D eigenvalue weighted by Gasteiger charge is 2.15. The lowest BCUT2D eigenvalue weighted by Gasteiger charge is -2.13. The van der Waals surface area contributed by atoms with Gasteiger partial charge in [-0.15, -0.1) is 0 Å². The van der Waals surface area contributed by atoms with Gasteiger partial charge in [0, 0.05) is 12.4 Å². The zero-order valence-electron chi connectivity index (χ0n) is 10.5. The zero-order chi connectivity index (χ0) is 13.9. The Morgan fingerprint density at radius 1 is 1.53 bits per heavy atom. The first kappa shape index (κ1) is 13.8. The Morgan fingerprint density at radius 2 is 2.32 bits per heavy atom. The molecule has 8 heteroatoms. The van der Waals surface area contributed by atoms with Gasteiger partial charge in [-0.2, -0.15) is 0 Å². The molecular weight excluding hydrogens is 268 g/mol. The minimum atomic E-state index is -3.78. The summed E-state index contributed by atoms with van der Waals surface area (Å²) in [6.45, 7) is 2.42. The lowest BCUT2D eigenvalue weighted by Crippen LogP contribution is -2.21. The van der Waals surface area contributed by atoms with Gasteiger partial charge in [-0.05, 0) is 18.6 Å². The molecule has 1 unspecified atom stereocenters. The molecule has 0 bridgehead atoms. The topological polar surface area (TPSA) is 114 Å². The Hall–Kier alpha value is -1.64. The van der Waals surface area contributed by atoms with Crippen LogP contribution in [0, 0.1) is 0 Å². The van der Waals surface area contributed by atoms with Crippen molar-refractivity contribution in [3.63, 3.8) is 0 Å². The van der Waals surface area contributed by atoms with Crippen molar-refractivity contribution in [3.8, 4) is 0 Å². The van der Waals surface area contributed by atoms with Crippen LogP contribution in [0.15, 0.2) is 34.0 Å². The summed E-state index contributed by atoms with van der Waals surface area (Å²) in [5, 5.41) is 7.98. The van der Waals surface area contributed by atoms with Crippen LogP contribution >= 0.6 is 0 Å². The summed E-state index contributed by atoms with van der Waals surface area (Å²) in [7, 11) is -3.78. The standard InChI is InChI=1S/C11H16N4O3S/c1-2-9(11-13-5-6-14-11)15-7-8-3-4-10(18-8)19(12,16)17/h3-6,9,15H,2,7H2,1H3,(H,13,14)(H2,12,16,17). The van der Waals surface area contributed by atoms with Crippen molar-refractivity contribution in [2.45, 2.75) is 31.0 Å². The fourth-order valence-corrected chi connectivity index (χ4v) is 2.21. The van der Waals surface area contributed by atoms with Crippen molar-refractivity contribution in [2.75, 3.05) is 0 Å². The number of sulfonamides is 1. The van der Waals surface area contributed by atoms with E-state index in [1.54, 1.807) is 18.5 Å². The molecule has 19 heavy (non-hydrogen) atoms. The van der Waals surface area contributed by atoms with E-state index in [-0.39, 0.29) is 11.1 Å². The van der Waals surface area contributed by atoms with E-state index in [1.165, 1.54) is 6.07 Å². The summed E-state index contributed by atoms with van der Waals surface area (Å²) in [6.07, 6.45) is 4.29. The SMILES string of the molecule is CCC(NCc1ccc(S(N)(=O)=O)o1)c1ncc[nH]1. The fourth-order valence-electron chi connectivity index (χ4n) is 1.73. The normalized spacial score (nSPS) is 13.6. The number of furan rings is 1. The summed E-state index contributed by atoms with van der Waals surface area (Å²) in [5.74, 6) is 1.34. The van der Waals surface area contributed by atoms with Crippen molar-refractivity contribution in [3.05, 3.63) is 36.1 Å². The first-order valence-electron chi connectivity index (χ1n) is 5.85. The lowest BCUT2D eigenvalue weighted by molar-refractivity contribution is 0.384. The summed E-state index contributed by atoms with van der Waals surface area (Å²) in [6, 6.07) is 2.99. The van der Waals surface area contributed by atoms with E-state index < -0.39 is 10.0 Å². The van der Waals surface area contributed by atoms with Crippen molar-refractivity contribution in [1.82, 2.24) is 15.3 Å². The van der Waals surface area contributed by atoms with Crippen molar-refractivity contribution in [2.24, 2.45) is 5.14 Å². The second-order valence-electron chi connectivity index (χ2n) is 4.08. The maximum atomic E-state index is 11.1. The van der Waals surface area contributed by atoms with Crippen LogP contribution < -0.4 is 10.5 Å². The minimum absolute atomic E-state index is 0.0537. The Kier molecular flexibility index (Phi) is 4.03. The van der Waals surface area contributed by atoms with Crippen molar-refractivity contribution >= 4 is 10.0 Å². The highest BCUT2D eigenvalue weighted by molar-refractivity contribution is 7.89. The van der Waals surface area contributed by atoms with Crippen LogP contribution in [-0.4, -0.2) is 18.4 Å². The number of rotatable bonds is 6. The maximum Gasteiger partial charge on any atom is 0.271 e. The van der Waals surface area contributed by atoms with Gasteiger partial charge >= 0.3 is 0 Å². The molecule has 2 rings (SSSR count). The molecule has 2 heterocycles. The van der Waals surface area contributed by atoms with Crippen LogP contribution in [0.25, 0.3) is 0 Å². The van der Waals surface area contributed by atoms with Crippen LogP contribution in [0.3, 0.4) is 0 Å². The molecule has 0 aromatic carbocycles. The third-order valence-electron chi connectivity index (χ3n) is 2.70. The number of aromatic amines is 1. The Bertz CT molecular complexity index is 618. The van der Waals surface area contributed by atoms with E-state index in [0.717, 1.165) is 12.2 Å². The highest BCUT2D eigenvalue weighted by atomic mass is 32.2. The quantitative estimate of drug-likeness (QED) is 0.729. The monoisotopic (exact) mass is 284 g/mol. The first-order chi connectivity index (χ1) is 9.00. The average molecular weight is 284 g/mol. The minimum Gasteiger partial charge on any atom is -0.447 e. The van der Waals surface area contributed by atoms with Crippen LogP contribution in [0.5, 0.6) is 0 Å². The molecule has 2 aromatic heterocycles. The predicted molar refractivity (Wildman–Crippen MR) is 68.5 cm³/mol. The van der Waals surface area contributed by atoms with E-state index in [9.17, 15) is 8.42 Å². The third-order valence-corrected chi connectivity index (χ3v) is 3.48. The second kappa shape index (κ2) is 5.55. The molecule has 104 valence electrons. The molecule has 0 aliphatic carbocycles. The Labute approximate surface area is 111 Å². The van der Waals surface area contributed by atoms with Gasteiger partial charge in [-0.3, -0.25) is 0 Å². The van der Waals surface area contributed by atoms with Gasteiger partial charge in [0.15, 0.2) is 0 Å².